The molecule has 0 atom stereocenters. The third kappa shape index (κ3) is 2.19. The van der Waals surface area contributed by atoms with Gasteiger partial charge in [-0.25, -0.2) is 8.42 Å². The quantitative estimate of drug-likeness (QED) is 0.850. The smallest absolute Gasteiger partial charge is 0.264 e. The first-order valence-electron chi connectivity index (χ1n) is 6.65. The number of hydrogen-bond donors (Lipinski definition) is 1. The Kier molecular flexibility index (Phi) is 3.29. The van der Waals surface area contributed by atoms with Crippen LogP contribution in [0.25, 0.3) is 0 Å². The fraction of sp³-hybridized carbons (Fsp3) is 0.133. The second-order valence-electron chi connectivity index (χ2n) is 5.03. The lowest BCUT2D eigenvalue weighted by Gasteiger charge is -2.34. The van der Waals surface area contributed by atoms with Gasteiger partial charge in [-0.2, -0.15) is 0 Å². The Morgan fingerprint density at radius 2 is 1.73 bits per heavy atom. The monoisotopic (exact) mass is 317 g/mol. The van der Waals surface area contributed by atoms with Gasteiger partial charge in [0, 0.05) is 12.7 Å². The summed E-state index contributed by atoms with van der Waals surface area (Å²) in [5, 5.41) is 0. The van der Waals surface area contributed by atoms with Gasteiger partial charge in [0.25, 0.3) is 10.0 Å². The molecule has 1 aliphatic heterocycles. The molecule has 3 rings (SSSR count). The first-order valence-corrected chi connectivity index (χ1v) is 8.09. The van der Waals surface area contributed by atoms with Crippen LogP contribution in [-0.4, -0.2) is 27.9 Å². The number of nitrogens with two attached hydrogens (primary N) is 1. The van der Waals surface area contributed by atoms with E-state index >= 15 is 0 Å². The molecule has 114 valence electrons. The predicted octanol–water partition coefficient (Wildman–Crippen LogP) is 1.44. The molecule has 2 N–H and O–H groups in total. The molecule has 1 aliphatic rings. The van der Waals surface area contributed by atoms with Crippen LogP contribution in [0.1, 0.15) is 0 Å². The molecular weight excluding hydrogens is 302 g/mol. The molecule has 0 saturated carbocycles. The van der Waals surface area contributed by atoms with Crippen molar-refractivity contribution in [2.24, 2.45) is 0 Å². The zero-order valence-corrected chi connectivity index (χ0v) is 12.7. The van der Waals surface area contributed by atoms with Crippen LogP contribution in [0.4, 0.5) is 17.1 Å². The van der Waals surface area contributed by atoms with Gasteiger partial charge in [-0.05, 0) is 30.3 Å². The van der Waals surface area contributed by atoms with Crippen molar-refractivity contribution in [2.75, 3.05) is 28.5 Å². The minimum absolute atomic E-state index is 0.0691. The van der Waals surface area contributed by atoms with E-state index in [2.05, 4.69) is 0 Å². The van der Waals surface area contributed by atoms with Crippen LogP contribution >= 0.6 is 0 Å². The number of nitrogens with zero attached hydrogens (tertiary/aromatic N) is 2. The lowest BCUT2D eigenvalue weighted by molar-refractivity contribution is -0.117. The SMILES string of the molecule is CN1C(=O)CN(S(=O)(=O)c2cccc(N)c2)c2ccccc21. The third-order valence-electron chi connectivity index (χ3n) is 3.61. The molecule has 22 heavy (non-hydrogen) atoms. The van der Waals surface area contributed by atoms with E-state index in [1.807, 2.05) is 0 Å². The standard InChI is InChI=1S/C15H15N3O3S/c1-17-13-7-2-3-8-14(13)18(10-15(17)19)22(20,21)12-6-4-5-11(16)9-12/h2-9H,10,16H2,1H3. The fourth-order valence-electron chi connectivity index (χ4n) is 2.42. The summed E-state index contributed by atoms with van der Waals surface area (Å²) in [6.45, 7) is -0.232. The van der Waals surface area contributed by atoms with Crippen molar-refractivity contribution in [3.05, 3.63) is 48.5 Å². The summed E-state index contributed by atoms with van der Waals surface area (Å²) in [6, 6.07) is 13.0. The van der Waals surface area contributed by atoms with Crippen LogP contribution in [0.15, 0.2) is 53.4 Å². The molecule has 0 fully saturated rings. The molecule has 0 aliphatic carbocycles. The van der Waals surface area contributed by atoms with Crippen LogP contribution in [0.3, 0.4) is 0 Å². The molecule has 0 bridgehead atoms. The zero-order valence-electron chi connectivity index (χ0n) is 11.9. The molecule has 0 unspecified atom stereocenters. The summed E-state index contributed by atoms with van der Waals surface area (Å²) in [6.07, 6.45) is 0. The number of benzene rings is 2. The van der Waals surface area contributed by atoms with Gasteiger partial charge >= 0.3 is 0 Å². The maximum atomic E-state index is 12.9. The number of sulfonamides is 1. The summed E-state index contributed by atoms with van der Waals surface area (Å²) in [7, 11) is -2.22. The van der Waals surface area contributed by atoms with Gasteiger partial charge in [-0.1, -0.05) is 18.2 Å². The van der Waals surface area contributed by atoms with Crippen molar-refractivity contribution < 1.29 is 13.2 Å². The number of para-hydroxylation sites is 2. The van der Waals surface area contributed by atoms with Gasteiger partial charge in [0.2, 0.25) is 5.91 Å². The average Bonchev–Trinajstić information content (AvgIpc) is 2.51. The molecular formula is C15H15N3O3S. The van der Waals surface area contributed by atoms with Gasteiger partial charge in [0.05, 0.1) is 16.3 Å². The predicted molar refractivity (Wildman–Crippen MR) is 85.2 cm³/mol. The number of amides is 1. The van der Waals surface area contributed by atoms with Gasteiger partial charge in [-0.3, -0.25) is 9.10 Å². The van der Waals surface area contributed by atoms with E-state index in [9.17, 15) is 13.2 Å². The number of rotatable bonds is 2. The Labute approximate surface area is 128 Å². The second kappa shape index (κ2) is 5.03. The van der Waals surface area contributed by atoms with Crippen LogP contribution in [-0.2, 0) is 14.8 Å². The lowest BCUT2D eigenvalue weighted by Crippen LogP contribution is -2.46. The van der Waals surface area contributed by atoms with Crippen molar-refractivity contribution in [3.8, 4) is 0 Å². The van der Waals surface area contributed by atoms with E-state index in [-0.39, 0.29) is 17.3 Å². The van der Waals surface area contributed by atoms with Crippen LogP contribution in [0, 0.1) is 0 Å². The normalized spacial score (nSPS) is 14.9. The number of carbonyl (C=O) groups is 1. The fourth-order valence-corrected chi connectivity index (χ4v) is 3.91. The van der Waals surface area contributed by atoms with E-state index in [0.717, 1.165) is 4.31 Å². The molecule has 6 nitrogen and oxygen atoms in total. The summed E-state index contributed by atoms with van der Waals surface area (Å²) >= 11 is 0. The zero-order chi connectivity index (χ0) is 15.9. The van der Waals surface area contributed by atoms with E-state index < -0.39 is 10.0 Å². The first-order chi connectivity index (χ1) is 10.4. The molecule has 2 aromatic rings. The average molecular weight is 317 g/mol. The Balaban J connectivity index is 2.16. The van der Waals surface area contributed by atoms with Crippen LogP contribution in [0.2, 0.25) is 0 Å². The summed E-state index contributed by atoms with van der Waals surface area (Å²) in [5.74, 6) is -0.286. The van der Waals surface area contributed by atoms with E-state index in [0.29, 0.717) is 17.1 Å². The van der Waals surface area contributed by atoms with Crippen molar-refractivity contribution in [2.45, 2.75) is 4.90 Å². The maximum Gasteiger partial charge on any atom is 0.264 e. The van der Waals surface area contributed by atoms with E-state index in [1.54, 1.807) is 43.4 Å². The van der Waals surface area contributed by atoms with Crippen molar-refractivity contribution in [3.63, 3.8) is 0 Å². The maximum absolute atomic E-state index is 12.9. The van der Waals surface area contributed by atoms with Crippen LogP contribution in [0.5, 0.6) is 0 Å². The highest BCUT2D eigenvalue weighted by molar-refractivity contribution is 7.92. The summed E-state index contributed by atoms with van der Waals surface area (Å²) in [4.78, 5) is 13.6. The summed E-state index contributed by atoms with van der Waals surface area (Å²) < 4.78 is 26.8. The molecule has 1 amide bonds. The second-order valence-corrected chi connectivity index (χ2v) is 6.89. The highest BCUT2D eigenvalue weighted by atomic mass is 32.2. The highest BCUT2D eigenvalue weighted by Gasteiger charge is 2.34. The number of likely N-dealkylation sites (N-methyl/N-ethyl adjacent to an activating group) is 1. The molecule has 0 aromatic heterocycles. The Morgan fingerprint density at radius 3 is 2.41 bits per heavy atom. The van der Waals surface area contributed by atoms with Crippen molar-refractivity contribution in [1.29, 1.82) is 0 Å². The molecule has 0 saturated heterocycles. The Bertz CT molecular complexity index is 849. The number of hydrogen-bond acceptors (Lipinski definition) is 4. The molecule has 7 heteroatoms. The molecule has 2 aromatic carbocycles. The topological polar surface area (TPSA) is 83.7 Å². The lowest BCUT2D eigenvalue weighted by atomic mass is 10.2. The van der Waals surface area contributed by atoms with Gasteiger partial charge < -0.3 is 10.6 Å². The van der Waals surface area contributed by atoms with Crippen molar-refractivity contribution >= 4 is 33.0 Å². The van der Waals surface area contributed by atoms with Gasteiger partial charge in [-0.15, -0.1) is 0 Å². The number of anilines is 3. The molecule has 0 spiro atoms. The minimum Gasteiger partial charge on any atom is -0.399 e. The van der Waals surface area contributed by atoms with E-state index in [1.165, 1.54) is 17.0 Å². The number of nitrogen functional groups attached to an aromatic ring is 1. The third-order valence-corrected chi connectivity index (χ3v) is 5.37. The van der Waals surface area contributed by atoms with E-state index in [4.69, 9.17) is 5.73 Å². The minimum atomic E-state index is -3.85. The van der Waals surface area contributed by atoms with Crippen molar-refractivity contribution in [1.82, 2.24) is 0 Å². The molecule has 0 radical (unpaired) electrons. The molecule has 1 heterocycles. The van der Waals surface area contributed by atoms with Gasteiger partial charge in [0.15, 0.2) is 0 Å². The van der Waals surface area contributed by atoms with Gasteiger partial charge in [0.1, 0.15) is 6.54 Å². The van der Waals surface area contributed by atoms with Crippen LogP contribution < -0.4 is 14.9 Å². The highest BCUT2D eigenvalue weighted by Crippen LogP contribution is 2.36. The number of fused-ring (bicyclic) bond motifs is 1. The first kappa shape index (κ1) is 14.4. The largest absolute Gasteiger partial charge is 0.399 e. The number of carbonyl (C=O) groups excluding carboxylic acids is 1. The summed E-state index contributed by atoms with van der Waals surface area (Å²) in [5.41, 5.74) is 7.07. The Morgan fingerprint density at radius 1 is 1.05 bits per heavy atom. The Hall–Kier alpha value is -2.54.